The maximum atomic E-state index is 12.5. The fourth-order valence-corrected chi connectivity index (χ4v) is 4.07. The van der Waals surface area contributed by atoms with Gasteiger partial charge in [0.2, 0.25) is 5.60 Å². The number of fused-ring (bicyclic) bond motifs is 1. The average molecular weight is 322 g/mol. The highest BCUT2D eigenvalue weighted by Crippen LogP contribution is 2.62. The Morgan fingerprint density at radius 3 is 2.61 bits per heavy atom. The lowest BCUT2D eigenvalue weighted by Gasteiger charge is -2.34. The largest absolute Gasteiger partial charge is 0.458 e. The van der Waals surface area contributed by atoms with Gasteiger partial charge in [0.1, 0.15) is 12.2 Å². The standard InChI is InChI=1S/C17H22O6/c1-8(2)13(18)23-16(3,4)15(20)22-12-11-9-6-17(12,5)7-10(9)14(19)21-11/h9-12H,1,6-7H2,2-5H3. The second-order valence-electron chi connectivity index (χ2n) is 7.74. The Morgan fingerprint density at radius 2 is 2.00 bits per heavy atom. The third-order valence-electron chi connectivity index (χ3n) is 5.29. The van der Waals surface area contributed by atoms with Crippen molar-refractivity contribution in [2.45, 2.75) is 58.3 Å². The SMILES string of the molecule is C=C(C)C(=O)OC(C)(C)C(=O)OC1C2OC(=O)C3CC1(C)CC32. The molecule has 3 fully saturated rings. The second kappa shape index (κ2) is 4.82. The van der Waals surface area contributed by atoms with Crippen LogP contribution in [-0.2, 0) is 28.6 Å². The third kappa shape index (κ3) is 2.35. The van der Waals surface area contributed by atoms with Crippen molar-refractivity contribution in [1.29, 1.82) is 0 Å². The number of carbonyl (C=O) groups is 3. The van der Waals surface area contributed by atoms with Crippen molar-refractivity contribution >= 4 is 17.9 Å². The van der Waals surface area contributed by atoms with Gasteiger partial charge in [-0.3, -0.25) is 4.79 Å². The predicted molar refractivity (Wildman–Crippen MR) is 79.1 cm³/mol. The lowest BCUT2D eigenvalue weighted by atomic mass is 9.79. The first-order chi connectivity index (χ1) is 10.5. The molecule has 126 valence electrons. The van der Waals surface area contributed by atoms with Crippen LogP contribution in [0, 0.1) is 17.3 Å². The van der Waals surface area contributed by atoms with Crippen LogP contribution in [0.4, 0.5) is 0 Å². The Labute approximate surface area is 135 Å². The van der Waals surface area contributed by atoms with Crippen LogP contribution in [-0.4, -0.2) is 35.7 Å². The maximum absolute atomic E-state index is 12.5. The lowest BCUT2D eigenvalue weighted by molar-refractivity contribution is -0.189. The summed E-state index contributed by atoms with van der Waals surface area (Å²) in [6, 6.07) is 0. The summed E-state index contributed by atoms with van der Waals surface area (Å²) in [5.74, 6) is -1.39. The maximum Gasteiger partial charge on any atom is 0.350 e. The topological polar surface area (TPSA) is 78.9 Å². The highest BCUT2D eigenvalue weighted by atomic mass is 16.6. The summed E-state index contributed by atoms with van der Waals surface area (Å²) in [6.07, 6.45) is 0.642. The van der Waals surface area contributed by atoms with Crippen LogP contribution in [0.25, 0.3) is 0 Å². The van der Waals surface area contributed by atoms with Gasteiger partial charge in [0.25, 0.3) is 0 Å². The number of ether oxygens (including phenoxy) is 3. The molecule has 2 aliphatic carbocycles. The molecule has 0 N–H and O–H groups in total. The molecule has 2 saturated carbocycles. The van der Waals surface area contributed by atoms with Gasteiger partial charge in [-0.2, -0.15) is 0 Å². The summed E-state index contributed by atoms with van der Waals surface area (Å²) < 4.78 is 16.2. The Hall–Kier alpha value is -1.85. The van der Waals surface area contributed by atoms with E-state index in [-0.39, 0.29) is 34.9 Å². The molecule has 3 rings (SSSR count). The monoisotopic (exact) mass is 322 g/mol. The summed E-state index contributed by atoms with van der Waals surface area (Å²) in [6.45, 7) is 10.00. The molecule has 1 saturated heterocycles. The van der Waals surface area contributed by atoms with E-state index in [2.05, 4.69) is 6.58 Å². The molecule has 6 nitrogen and oxygen atoms in total. The molecule has 5 atom stereocenters. The number of hydrogen-bond donors (Lipinski definition) is 0. The van der Waals surface area contributed by atoms with Gasteiger partial charge in [0.05, 0.1) is 5.92 Å². The van der Waals surface area contributed by atoms with Crippen LogP contribution in [0.2, 0.25) is 0 Å². The summed E-state index contributed by atoms with van der Waals surface area (Å²) in [4.78, 5) is 36.0. The smallest absolute Gasteiger partial charge is 0.350 e. The Morgan fingerprint density at radius 1 is 1.35 bits per heavy atom. The van der Waals surface area contributed by atoms with Crippen LogP contribution in [0.1, 0.15) is 40.5 Å². The quantitative estimate of drug-likeness (QED) is 0.446. The lowest BCUT2D eigenvalue weighted by Crippen LogP contribution is -2.47. The minimum absolute atomic E-state index is 0.0609. The van der Waals surface area contributed by atoms with E-state index in [1.807, 2.05) is 6.92 Å². The van der Waals surface area contributed by atoms with Crippen molar-refractivity contribution in [3.8, 4) is 0 Å². The van der Waals surface area contributed by atoms with Gasteiger partial charge >= 0.3 is 17.9 Å². The first-order valence-electron chi connectivity index (χ1n) is 7.85. The molecule has 0 amide bonds. The summed E-state index contributed by atoms with van der Waals surface area (Å²) in [7, 11) is 0. The predicted octanol–water partition coefficient (Wildman–Crippen LogP) is 1.77. The first-order valence-corrected chi connectivity index (χ1v) is 7.85. The molecule has 23 heavy (non-hydrogen) atoms. The van der Waals surface area contributed by atoms with E-state index < -0.39 is 23.6 Å². The highest BCUT2D eigenvalue weighted by Gasteiger charge is 2.69. The Balaban J connectivity index is 1.72. The molecule has 5 unspecified atom stereocenters. The van der Waals surface area contributed by atoms with Crippen LogP contribution in [0.3, 0.4) is 0 Å². The van der Waals surface area contributed by atoms with Gasteiger partial charge in [-0.05, 0) is 33.6 Å². The number of carbonyl (C=O) groups excluding carboxylic acids is 3. The van der Waals surface area contributed by atoms with Crippen molar-refractivity contribution in [3.05, 3.63) is 12.2 Å². The molecule has 0 aromatic carbocycles. The molecule has 0 aromatic rings. The molecule has 0 aromatic heterocycles. The van der Waals surface area contributed by atoms with Crippen molar-refractivity contribution in [2.24, 2.45) is 17.3 Å². The van der Waals surface area contributed by atoms with E-state index in [0.717, 1.165) is 6.42 Å². The number of hydrogen-bond acceptors (Lipinski definition) is 6. The molecule has 0 spiro atoms. The van der Waals surface area contributed by atoms with Crippen molar-refractivity contribution < 1.29 is 28.6 Å². The molecule has 0 radical (unpaired) electrons. The molecule has 2 bridgehead atoms. The Kier molecular flexibility index (Phi) is 3.36. The van der Waals surface area contributed by atoms with Crippen molar-refractivity contribution in [2.75, 3.05) is 0 Å². The van der Waals surface area contributed by atoms with Crippen molar-refractivity contribution in [3.63, 3.8) is 0 Å². The zero-order chi connectivity index (χ0) is 17.2. The fraction of sp³-hybridized carbons (Fsp3) is 0.706. The molecule has 1 aliphatic heterocycles. The van der Waals surface area contributed by atoms with Gasteiger partial charge < -0.3 is 14.2 Å². The van der Waals surface area contributed by atoms with Gasteiger partial charge in [0, 0.05) is 16.9 Å². The normalized spacial score (nSPS) is 37.5. The van der Waals surface area contributed by atoms with E-state index in [1.165, 1.54) is 20.8 Å². The summed E-state index contributed by atoms with van der Waals surface area (Å²) >= 11 is 0. The second-order valence-corrected chi connectivity index (χ2v) is 7.74. The average Bonchev–Trinajstić information content (AvgIpc) is 2.97. The summed E-state index contributed by atoms with van der Waals surface area (Å²) in [5.41, 5.74) is -1.46. The van der Waals surface area contributed by atoms with Gasteiger partial charge in [-0.25, -0.2) is 9.59 Å². The van der Waals surface area contributed by atoms with E-state index in [9.17, 15) is 14.4 Å². The molecular weight excluding hydrogens is 300 g/mol. The van der Waals surface area contributed by atoms with Gasteiger partial charge in [0.15, 0.2) is 0 Å². The Bertz CT molecular complexity index is 606. The van der Waals surface area contributed by atoms with Crippen LogP contribution in [0.5, 0.6) is 0 Å². The fourth-order valence-electron chi connectivity index (χ4n) is 4.07. The van der Waals surface area contributed by atoms with E-state index >= 15 is 0 Å². The molecule has 6 heteroatoms. The number of esters is 3. The number of rotatable bonds is 4. The van der Waals surface area contributed by atoms with Gasteiger partial charge in [-0.1, -0.05) is 13.5 Å². The molecule has 3 aliphatic rings. The van der Waals surface area contributed by atoms with Crippen LogP contribution < -0.4 is 0 Å². The van der Waals surface area contributed by atoms with Crippen LogP contribution in [0.15, 0.2) is 12.2 Å². The highest BCUT2D eigenvalue weighted by molar-refractivity contribution is 5.90. The molecule has 1 heterocycles. The molecular formula is C17H22O6. The van der Waals surface area contributed by atoms with E-state index in [4.69, 9.17) is 14.2 Å². The van der Waals surface area contributed by atoms with Crippen molar-refractivity contribution in [1.82, 2.24) is 0 Å². The minimum Gasteiger partial charge on any atom is -0.458 e. The van der Waals surface area contributed by atoms with Gasteiger partial charge in [-0.15, -0.1) is 0 Å². The first kappa shape index (κ1) is 16.0. The van der Waals surface area contributed by atoms with E-state index in [0.29, 0.717) is 6.42 Å². The minimum atomic E-state index is -1.42. The third-order valence-corrected chi connectivity index (χ3v) is 5.29. The van der Waals surface area contributed by atoms with Crippen LogP contribution >= 0.6 is 0 Å². The zero-order valence-electron chi connectivity index (χ0n) is 13.9. The van der Waals surface area contributed by atoms with E-state index in [1.54, 1.807) is 0 Å². The summed E-state index contributed by atoms with van der Waals surface area (Å²) in [5, 5.41) is 0. The zero-order valence-corrected chi connectivity index (χ0v) is 13.9.